The van der Waals surface area contributed by atoms with E-state index in [1.165, 1.54) is 75.8 Å². The normalized spacial score (nSPS) is 12.8. The van der Waals surface area contributed by atoms with Gasteiger partial charge in [-0.05, 0) is 105 Å². The third-order valence-electron chi connectivity index (χ3n) is 13.4. The Morgan fingerprint density at radius 3 is 1.81 bits per heavy atom. The highest BCUT2D eigenvalue weighted by Gasteiger charge is 2.47. The van der Waals surface area contributed by atoms with Crippen LogP contribution in [0, 0.1) is 0 Å². The Labute approximate surface area is 375 Å². The highest BCUT2D eigenvalue weighted by Crippen LogP contribution is 2.59. The Hall–Kier alpha value is -7.98. The second-order valence-electron chi connectivity index (χ2n) is 16.7. The van der Waals surface area contributed by atoms with E-state index in [4.69, 9.17) is 4.42 Å². The highest BCUT2D eigenvalue weighted by atomic mass is 32.1. The van der Waals surface area contributed by atoms with E-state index in [0.717, 1.165) is 39.0 Å². The molecule has 13 rings (SSSR count). The molecule has 0 radical (unpaired) electrons. The van der Waals surface area contributed by atoms with Crippen molar-refractivity contribution in [2.24, 2.45) is 0 Å². The molecule has 300 valence electrons. The lowest BCUT2D eigenvalue weighted by Gasteiger charge is -2.34. The summed E-state index contributed by atoms with van der Waals surface area (Å²) in [6, 6.07) is 86.5. The minimum Gasteiger partial charge on any atom is -0.456 e. The van der Waals surface area contributed by atoms with Gasteiger partial charge in [-0.25, -0.2) is 0 Å². The molecule has 0 spiro atoms. The molecule has 64 heavy (non-hydrogen) atoms. The highest BCUT2D eigenvalue weighted by molar-refractivity contribution is 7.26. The van der Waals surface area contributed by atoms with Crippen molar-refractivity contribution in [2.75, 3.05) is 4.90 Å². The van der Waals surface area contributed by atoms with E-state index in [9.17, 15) is 0 Å². The molecule has 1 aliphatic rings. The Bertz CT molecular complexity index is 3690. The molecule has 0 N–H and O–H groups in total. The van der Waals surface area contributed by atoms with Gasteiger partial charge in [0, 0.05) is 47.9 Å². The number of fused-ring (bicyclic) bond motifs is 9. The summed E-state index contributed by atoms with van der Waals surface area (Å²) < 4.78 is 9.02. The minimum absolute atomic E-state index is 0.518. The van der Waals surface area contributed by atoms with Crippen LogP contribution in [-0.4, -0.2) is 0 Å². The number of thiophene rings is 1. The lowest BCUT2D eigenvalue weighted by atomic mass is 9.68. The van der Waals surface area contributed by atoms with Crippen LogP contribution in [0.4, 0.5) is 17.1 Å². The van der Waals surface area contributed by atoms with E-state index in [1.54, 1.807) is 0 Å². The van der Waals surface area contributed by atoms with Gasteiger partial charge in [0.1, 0.15) is 11.2 Å². The number of anilines is 3. The van der Waals surface area contributed by atoms with Crippen LogP contribution in [0.1, 0.15) is 22.3 Å². The van der Waals surface area contributed by atoms with Gasteiger partial charge in [-0.1, -0.05) is 182 Å². The SMILES string of the molecule is c1ccc(C2(c3ccccc3)c3ccccc3-c3c(N(c4ccc(-c5cccc(-c6cccc7c6sc6ccccc67)c5)cc4)c4ccc5oc6ccccc6c5c4)cccc32)cc1. The largest absolute Gasteiger partial charge is 0.456 e. The van der Waals surface area contributed by atoms with E-state index < -0.39 is 5.41 Å². The van der Waals surface area contributed by atoms with Gasteiger partial charge < -0.3 is 9.32 Å². The van der Waals surface area contributed by atoms with Gasteiger partial charge in [-0.2, -0.15) is 0 Å². The summed E-state index contributed by atoms with van der Waals surface area (Å²) in [5.41, 5.74) is 16.9. The Morgan fingerprint density at radius 2 is 0.984 bits per heavy atom. The van der Waals surface area contributed by atoms with Crippen LogP contribution in [0.2, 0.25) is 0 Å². The lowest BCUT2D eigenvalue weighted by molar-refractivity contribution is 0.669. The molecule has 1 aliphatic carbocycles. The van der Waals surface area contributed by atoms with Crippen LogP contribution in [0.5, 0.6) is 0 Å². The molecule has 10 aromatic carbocycles. The van der Waals surface area contributed by atoms with Crippen LogP contribution in [-0.2, 0) is 5.41 Å². The number of benzene rings is 10. The van der Waals surface area contributed by atoms with E-state index in [-0.39, 0.29) is 0 Å². The molecule has 0 unspecified atom stereocenters. The summed E-state index contributed by atoms with van der Waals surface area (Å²) in [4.78, 5) is 2.45. The zero-order valence-electron chi connectivity index (χ0n) is 34.8. The molecule has 0 saturated carbocycles. The molecule has 0 bridgehead atoms. The topological polar surface area (TPSA) is 16.4 Å². The number of rotatable bonds is 7. The van der Waals surface area contributed by atoms with Crippen LogP contribution in [0.3, 0.4) is 0 Å². The van der Waals surface area contributed by atoms with Crippen molar-refractivity contribution in [2.45, 2.75) is 5.41 Å². The van der Waals surface area contributed by atoms with E-state index in [1.807, 2.05) is 17.4 Å². The number of furan rings is 1. The molecule has 0 aliphatic heterocycles. The van der Waals surface area contributed by atoms with Crippen LogP contribution >= 0.6 is 11.3 Å². The Morgan fingerprint density at radius 1 is 0.375 bits per heavy atom. The monoisotopic (exact) mass is 833 g/mol. The van der Waals surface area contributed by atoms with E-state index >= 15 is 0 Å². The van der Waals surface area contributed by atoms with Crippen molar-refractivity contribution >= 4 is 70.5 Å². The quantitative estimate of drug-likeness (QED) is 0.159. The van der Waals surface area contributed by atoms with Crippen LogP contribution in [0.25, 0.3) is 75.5 Å². The first-order valence-corrected chi connectivity index (χ1v) is 22.7. The van der Waals surface area contributed by atoms with Crippen LogP contribution < -0.4 is 4.90 Å². The molecule has 0 amide bonds. The number of para-hydroxylation sites is 1. The first kappa shape index (κ1) is 36.7. The summed E-state index contributed by atoms with van der Waals surface area (Å²) >= 11 is 1.88. The van der Waals surface area contributed by atoms with Gasteiger partial charge in [-0.3, -0.25) is 0 Å². The first-order chi connectivity index (χ1) is 31.7. The number of hydrogen-bond acceptors (Lipinski definition) is 3. The summed E-state index contributed by atoms with van der Waals surface area (Å²) in [6.07, 6.45) is 0. The summed E-state index contributed by atoms with van der Waals surface area (Å²) in [5.74, 6) is 0. The molecular weight excluding hydrogens is 795 g/mol. The second-order valence-corrected chi connectivity index (χ2v) is 17.8. The fourth-order valence-electron chi connectivity index (χ4n) is 10.6. The Balaban J connectivity index is 1.000. The van der Waals surface area contributed by atoms with E-state index in [2.05, 4.69) is 235 Å². The van der Waals surface area contributed by atoms with Gasteiger partial charge in [-0.15, -0.1) is 11.3 Å². The molecular formula is C61H39NOS. The van der Waals surface area contributed by atoms with Gasteiger partial charge in [0.15, 0.2) is 0 Å². The van der Waals surface area contributed by atoms with Crippen molar-refractivity contribution in [3.63, 3.8) is 0 Å². The maximum atomic E-state index is 6.37. The average Bonchev–Trinajstić information content (AvgIpc) is 4.04. The fourth-order valence-corrected chi connectivity index (χ4v) is 11.8. The van der Waals surface area contributed by atoms with Crippen molar-refractivity contribution in [3.05, 3.63) is 259 Å². The van der Waals surface area contributed by atoms with Crippen molar-refractivity contribution in [1.29, 1.82) is 0 Å². The standard InChI is InChI=1S/C61H39NOS/c1-3-18-43(19-4-1)61(44-20-5-2-6-21-44)53-27-10-7-24-51(53)59-54(61)28-15-29-55(59)62(46-36-37-57-52(39-46)48-22-8-11-30-56(48)63-57)45-34-32-40(33-35-45)41-16-13-17-42(38-41)47-25-14-26-50-49-23-9-12-31-58(49)64-60(47)50/h1-39H. The number of nitrogens with zero attached hydrogens (tertiary/aromatic N) is 1. The first-order valence-electron chi connectivity index (χ1n) is 21.9. The van der Waals surface area contributed by atoms with E-state index in [0.29, 0.717) is 0 Å². The zero-order chi connectivity index (χ0) is 42.2. The molecule has 0 atom stereocenters. The van der Waals surface area contributed by atoms with Gasteiger partial charge in [0.25, 0.3) is 0 Å². The second kappa shape index (κ2) is 14.6. The summed E-state index contributed by atoms with van der Waals surface area (Å²) in [5, 5.41) is 4.83. The predicted molar refractivity (Wildman–Crippen MR) is 269 cm³/mol. The van der Waals surface area contributed by atoms with Crippen molar-refractivity contribution in [1.82, 2.24) is 0 Å². The molecule has 2 heterocycles. The fraction of sp³-hybridized carbons (Fsp3) is 0.0164. The lowest BCUT2D eigenvalue weighted by Crippen LogP contribution is -2.28. The smallest absolute Gasteiger partial charge is 0.135 e. The maximum absolute atomic E-state index is 6.37. The van der Waals surface area contributed by atoms with Crippen molar-refractivity contribution < 1.29 is 4.42 Å². The summed E-state index contributed by atoms with van der Waals surface area (Å²) in [7, 11) is 0. The maximum Gasteiger partial charge on any atom is 0.135 e. The van der Waals surface area contributed by atoms with Gasteiger partial charge in [0.05, 0.1) is 11.1 Å². The molecule has 2 nitrogen and oxygen atoms in total. The molecule has 12 aromatic rings. The molecule has 2 aromatic heterocycles. The minimum atomic E-state index is -0.518. The molecule has 0 saturated heterocycles. The number of hydrogen-bond donors (Lipinski definition) is 0. The third kappa shape index (κ3) is 5.51. The zero-order valence-corrected chi connectivity index (χ0v) is 35.6. The van der Waals surface area contributed by atoms with Gasteiger partial charge in [0.2, 0.25) is 0 Å². The van der Waals surface area contributed by atoms with Crippen molar-refractivity contribution in [3.8, 4) is 33.4 Å². The third-order valence-corrected chi connectivity index (χ3v) is 14.6. The molecule has 0 fully saturated rings. The average molecular weight is 834 g/mol. The summed E-state index contributed by atoms with van der Waals surface area (Å²) in [6.45, 7) is 0. The Kier molecular flexibility index (Phi) is 8.34. The predicted octanol–water partition coefficient (Wildman–Crippen LogP) is 17.1. The molecule has 3 heteroatoms. The van der Waals surface area contributed by atoms with Crippen LogP contribution in [0.15, 0.2) is 241 Å². The van der Waals surface area contributed by atoms with Gasteiger partial charge >= 0.3 is 0 Å².